The molecule has 2 N–H and O–H groups in total. The molecule has 0 saturated heterocycles. The Hall–Kier alpha value is -2.61. The Kier molecular flexibility index (Phi) is 6.57. The highest BCUT2D eigenvalue weighted by Gasteiger charge is 2.26. The number of hydrogen-bond donors (Lipinski definition) is 2. The first-order valence-corrected chi connectivity index (χ1v) is 8.05. The number of furan rings is 1. The number of hydrogen-bond acceptors (Lipinski definition) is 4. The minimum absolute atomic E-state index is 0.0798. The van der Waals surface area contributed by atoms with Crippen LogP contribution in [0.4, 0.5) is 14.5 Å². The maximum absolute atomic E-state index is 12.5. The van der Waals surface area contributed by atoms with E-state index in [-0.39, 0.29) is 28.1 Å². The summed E-state index contributed by atoms with van der Waals surface area (Å²) in [6.45, 7) is 0.522. The number of carbonyl (C=O) groups excluding carboxylic acids is 2. The fraction of sp³-hybridized carbons (Fsp3) is 0.294. The van der Waals surface area contributed by atoms with Crippen molar-refractivity contribution in [1.29, 1.82) is 0 Å². The van der Waals surface area contributed by atoms with Gasteiger partial charge in [-0.05, 0) is 36.2 Å². The Labute approximate surface area is 153 Å². The zero-order valence-corrected chi connectivity index (χ0v) is 14.7. The minimum atomic E-state index is -3.00. The van der Waals surface area contributed by atoms with Crippen LogP contribution in [0.3, 0.4) is 0 Å². The summed E-state index contributed by atoms with van der Waals surface area (Å²) < 4.78 is 33.7. The fourth-order valence-electron chi connectivity index (χ4n) is 2.15. The standard InChI is InChI=1S/C17H17ClF2N2O4/c1-9(2)14(22-15(23)13-4-3-7-25-13)16(24)21-10-5-6-12(11(18)8-10)26-17(19)20/h3-9,14,17H,1-2H3,(H,21,24)(H,22,23). The van der Waals surface area contributed by atoms with Gasteiger partial charge in [0.1, 0.15) is 11.8 Å². The summed E-state index contributed by atoms with van der Waals surface area (Å²) in [5, 5.41) is 5.09. The zero-order valence-electron chi connectivity index (χ0n) is 14.0. The van der Waals surface area contributed by atoms with Crippen LogP contribution in [0.25, 0.3) is 0 Å². The molecule has 26 heavy (non-hydrogen) atoms. The number of alkyl halides is 2. The monoisotopic (exact) mass is 386 g/mol. The Morgan fingerprint density at radius 1 is 1.23 bits per heavy atom. The second-order valence-corrected chi connectivity index (χ2v) is 6.09. The number of amides is 2. The van der Waals surface area contributed by atoms with Gasteiger partial charge in [-0.3, -0.25) is 9.59 Å². The summed E-state index contributed by atoms with van der Waals surface area (Å²) in [6, 6.07) is 6.06. The Morgan fingerprint density at radius 3 is 2.50 bits per heavy atom. The number of carbonyl (C=O) groups is 2. The highest BCUT2D eigenvalue weighted by Crippen LogP contribution is 2.29. The quantitative estimate of drug-likeness (QED) is 0.755. The summed E-state index contributed by atoms with van der Waals surface area (Å²) in [5.74, 6) is -1.35. The van der Waals surface area contributed by atoms with Gasteiger partial charge >= 0.3 is 6.61 Å². The van der Waals surface area contributed by atoms with E-state index in [1.807, 2.05) is 0 Å². The lowest BCUT2D eigenvalue weighted by Gasteiger charge is -2.21. The Morgan fingerprint density at radius 2 is 1.96 bits per heavy atom. The number of rotatable bonds is 7. The maximum atomic E-state index is 12.5. The van der Waals surface area contributed by atoms with E-state index >= 15 is 0 Å². The van der Waals surface area contributed by atoms with Gasteiger partial charge in [-0.1, -0.05) is 25.4 Å². The number of benzene rings is 1. The van der Waals surface area contributed by atoms with Gasteiger partial charge in [-0.15, -0.1) is 0 Å². The van der Waals surface area contributed by atoms with Gasteiger partial charge in [0.25, 0.3) is 5.91 Å². The predicted octanol–water partition coefficient (Wildman–Crippen LogP) is 3.93. The van der Waals surface area contributed by atoms with E-state index in [4.69, 9.17) is 16.0 Å². The van der Waals surface area contributed by atoms with E-state index in [1.165, 1.54) is 30.5 Å². The van der Waals surface area contributed by atoms with Gasteiger partial charge in [0.2, 0.25) is 5.91 Å². The molecule has 9 heteroatoms. The molecule has 2 rings (SSSR count). The molecule has 1 unspecified atom stereocenters. The lowest BCUT2D eigenvalue weighted by atomic mass is 10.0. The molecule has 1 atom stereocenters. The van der Waals surface area contributed by atoms with Crippen molar-refractivity contribution in [3.05, 3.63) is 47.4 Å². The van der Waals surface area contributed by atoms with Crippen LogP contribution in [0.2, 0.25) is 5.02 Å². The predicted molar refractivity (Wildman–Crippen MR) is 91.5 cm³/mol. The van der Waals surface area contributed by atoms with E-state index in [0.717, 1.165) is 0 Å². The lowest BCUT2D eigenvalue weighted by molar-refractivity contribution is -0.118. The van der Waals surface area contributed by atoms with E-state index in [1.54, 1.807) is 19.9 Å². The first-order chi connectivity index (χ1) is 12.3. The highest BCUT2D eigenvalue weighted by molar-refractivity contribution is 6.32. The van der Waals surface area contributed by atoms with E-state index in [9.17, 15) is 18.4 Å². The van der Waals surface area contributed by atoms with E-state index in [0.29, 0.717) is 0 Å². The van der Waals surface area contributed by atoms with Crippen molar-refractivity contribution in [2.75, 3.05) is 5.32 Å². The molecule has 0 fully saturated rings. The molecule has 2 amide bonds. The van der Waals surface area contributed by atoms with Gasteiger partial charge in [0.05, 0.1) is 11.3 Å². The normalized spacial score (nSPS) is 12.1. The van der Waals surface area contributed by atoms with E-state index < -0.39 is 24.5 Å². The summed E-state index contributed by atoms with van der Waals surface area (Å²) in [5.41, 5.74) is 0.277. The summed E-state index contributed by atoms with van der Waals surface area (Å²) in [4.78, 5) is 24.6. The molecule has 0 aliphatic heterocycles. The molecule has 0 aliphatic rings. The molecule has 1 heterocycles. The zero-order chi connectivity index (χ0) is 19.3. The molecule has 6 nitrogen and oxygen atoms in total. The summed E-state index contributed by atoms with van der Waals surface area (Å²) in [7, 11) is 0. The van der Waals surface area contributed by atoms with Gasteiger partial charge in [0.15, 0.2) is 5.76 Å². The van der Waals surface area contributed by atoms with Crippen LogP contribution in [0.15, 0.2) is 41.0 Å². The highest BCUT2D eigenvalue weighted by atomic mass is 35.5. The second-order valence-electron chi connectivity index (χ2n) is 5.69. The molecule has 0 saturated carbocycles. The molecule has 1 aromatic carbocycles. The molecule has 0 spiro atoms. The Bertz CT molecular complexity index is 766. The average molecular weight is 387 g/mol. The van der Waals surface area contributed by atoms with Crippen LogP contribution < -0.4 is 15.4 Å². The van der Waals surface area contributed by atoms with E-state index in [2.05, 4.69) is 15.4 Å². The smallest absolute Gasteiger partial charge is 0.387 e. The molecule has 1 aromatic heterocycles. The van der Waals surface area contributed by atoms with Crippen molar-refractivity contribution >= 4 is 29.1 Å². The SMILES string of the molecule is CC(C)C(NC(=O)c1ccco1)C(=O)Nc1ccc(OC(F)F)c(Cl)c1. The second kappa shape index (κ2) is 8.66. The summed E-state index contributed by atoms with van der Waals surface area (Å²) in [6.07, 6.45) is 1.35. The number of anilines is 1. The Balaban J connectivity index is 2.07. The van der Waals surface area contributed by atoms with Crippen LogP contribution in [0.5, 0.6) is 5.75 Å². The number of nitrogens with one attached hydrogen (secondary N) is 2. The third kappa shape index (κ3) is 5.19. The van der Waals surface area contributed by atoms with Crippen LogP contribution in [0, 0.1) is 5.92 Å². The van der Waals surface area contributed by atoms with Crippen molar-refractivity contribution in [1.82, 2.24) is 5.32 Å². The average Bonchev–Trinajstić information content (AvgIpc) is 3.08. The fourth-order valence-corrected chi connectivity index (χ4v) is 2.37. The van der Waals surface area contributed by atoms with Crippen molar-refractivity contribution in [2.45, 2.75) is 26.5 Å². The molecule has 2 aromatic rings. The van der Waals surface area contributed by atoms with Gasteiger partial charge in [-0.2, -0.15) is 8.78 Å². The van der Waals surface area contributed by atoms with Gasteiger partial charge in [0, 0.05) is 5.69 Å². The first-order valence-electron chi connectivity index (χ1n) is 7.67. The molecule has 140 valence electrons. The van der Waals surface area contributed by atoms with Crippen molar-refractivity contribution < 1.29 is 27.5 Å². The number of ether oxygens (including phenoxy) is 1. The van der Waals surface area contributed by atoms with Crippen LogP contribution in [-0.4, -0.2) is 24.5 Å². The molecule has 0 aliphatic carbocycles. The van der Waals surface area contributed by atoms with Crippen molar-refractivity contribution in [3.63, 3.8) is 0 Å². The lowest BCUT2D eigenvalue weighted by Crippen LogP contribution is -2.47. The van der Waals surface area contributed by atoms with Gasteiger partial charge in [-0.25, -0.2) is 0 Å². The van der Waals surface area contributed by atoms with Crippen molar-refractivity contribution in [3.8, 4) is 5.75 Å². The molecular formula is C17H17ClF2N2O4. The van der Waals surface area contributed by atoms with Gasteiger partial charge < -0.3 is 19.8 Å². The topological polar surface area (TPSA) is 80.6 Å². The molecular weight excluding hydrogens is 370 g/mol. The van der Waals surface area contributed by atoms with Crippen LogP contribution >= 0.6 is 11.6 Å². The largest absolute Gasteiger partial charge is 0.459 e. The molecule has 0 bridgehead atoms. The van der Waals surface area contributed by atoms with Crippen LogP contribution in [-0.2, 0) is 4.79 Å². The van der Waals surface area contributed by atoms with Crippen molar-refractivity contribution in [2.24, 2.45) is 5.92 Å². The third-order valence-corrected chi connectivity index (χ3v) is 3.69. The third-order valence-electron chi connectivity index (χ3n) is 3.40. The summed E-state index contributed by atoms with van der Waals surface area (Å²) >= 11 is 5.86. The number of halogens is 3. The van der Waals surface area contributed by atoms with Crippen LogP contribution in [0.1, 0.15) is 24.4 Å². The first kappa shape index (κ1) is 19.7. The molecule has 0 radical (unpaired) electrons. The minimum Gasteiger partial charge on any atom is -0.459 e. The maximum Gasteiger partial charge on any atom is 0.387 e.